The fraction of sp³-hybridized carbons (Fsp3) is 0.600. The number of likely N-dealkylation sites (N-methyl/N-ethyl adjacent to an activating group) is 1. The maximum absolute atomic E-state index is 13.0. The van der Waals surface area contributed by atoms with Gasteiger partial charge >= 0.3 is 0 Å². The Morgan fingerprint density at radius 3 is 2.44 bits per heavy atom. The number of halogens is 1. The van der Waals surface area contributed by atoms with Crippen molar-refractivity contribution in [3.63, 3.8) is 0 Å². The summed E-state index contributed by atoms with van der Waals surface area (Å²) in [6.07, 6.45) is 1.20. The zero-order chi connectivity index (χ0) is 13.1. The third-order valence-corrected chi connectivity index (χ3v) is 3.70. The molecule has 2 rings (SSSR count). The summed E-state index contributed by atoms with van der Waals surface area (Å²) in [7, 11) is 2.16. The molecule has 2 nitrogen and oxygen atoms in total. The summed E-state index contributed by atoms with van der Waals surface area (Å²) in [5.41, 5.74) is 1.18. The maximum Gasteiger partial charge on any atom is 0.123 e. The minimum atomic E-state index is -0.165. The summed E-state index contributed by atoms with van der Waals surface area (Å²) in [6, 6.07) is 7.74. The van der Waals surface area contributed by atoms with E-state index in [9.17, 15) is 4.39 Å². The van der Waals surface area contributed by atoms with Gasteiger partial charge < -0.3 is 10.2 Å². The lowest BCUT2D eigenvalue weighted by Crippen LogP contribution is -2.37. The van der Waals surface area contributed by atoms with E-state index < -0.39 is 0 Å². The zero-order valence-electron chi connectivity index (χ0n) is 11.5. The Hall–Kier alpha value is -0.930. The molecule has 0 aromatic heterocycles. The molecule has 0 radical (unpaired) electrons. The number of nitrogens with one attached hydrogen (secondary N) is 1. The minimum absolute atomic E-state index is 0.165. The molecule has 18 heavy (non-hydrogen) atoms. The van der Waals surface area contributed by atoms with Crippen molar-refractivity contribution < 1.29 is 4.39 Å². The molecule has 1 aliphatic rings. The van der Waals surface area contributed by atoms with E-state index in [1.807, 2.05) is 12.1 Å². The van der Waals surface area contributed by atoms with E-state index in [-0.39, 0.29) is 5.82 Å². The standard InChI is InChI=1S/C15H23FN2/c1-11(2)15(12-4-6-13(16)7-5-12)17-14-8-9-18(3)10-14/h4-7,11,14-15,17H,8-10H2,1-3H3. The molecule has 0 bridgehead atoms. The highest BCUT2D eigenvalue weighted by atomic mass is 19.1. The Labute approximate surface area is 109 Å². The van der Waals surface area contributed by atoms with Gasteiger partial charge in [0, 0.05) is 18.6 Å². The molecule has 1 heterocycles. The summed E-state index contributed by atoms with van der Waals surface area (Å²) in [5.74, 6) is 0.336. The zero-order valence-corrected chi connectivity index (χ0v) is 11.5. The summed E-state index contributed by atoms with van der Waals surface area (Å²) in [4.78, 5) is 2.35. The smallest absolute Gasteiger partial charge is 0.123 e. The fourth-order valence-corrected chi connectivity index (χ4v) is 2.67. The van der Waals surface area contributed by atoms with Gasteiger partial charge in [-0.3, -0.25) is 0 Å². The van der Waals surface area contributed by atoms with E-state index in [1.54, 1.807) is 12.1 Å². The quantitative estimate of drug-likeness (QED) is 0.884. The van der Waals surface area contributed by atoms with Gasteiger partial charge in [0.1, 0.15) is 5.82 Å². The van der Waals surface area contributed by atoms with Gasteiger partial charge in [0.2, 0.25) is 0 Å². The van der Waals surface area contributed by atoms with E-state index in [2.05, 4.69) is 31.1 Å². The van der Waals surface area contributed by atoms with Crippen molar-refractivity contribution in [2.75, 3.05) is 20.1 Å². The van der Waals surface area contributed by atoms with Gasteiger partial charge in [0.05, 0.1) is 0 Å². The first-order valence-electron chi connectivity index (χ1n) is 6.76. The van der Waals surface area contributed by atoms with Gasteiger partial charge in [-0.1, -0.05) is 26.0 Å². The van der Waals surface area contributed by atoms with E-state index in [1.165, 1.54) is 12.0 Å². The third-order valence-electron chi connectivity index (χ3n) is 3.70. The summed E-state index contributed by atoms with van der Waals surface area (Å²) < 4.78 is 13.0. The number of likely N-dealkylation sites (tertiary alicyclic amines) is 1. The Kier molecular flexibility index (Phi) is 4.36. The Balaban J connectivity index is 2.06. The molecule has 1 saturated heterocycles. The molecular formula is C15H23FN2. The molecule has 1 fully saturated rings. The normalized spacial score (nSPS) is 22.6. The van der Waals surface area contributed by atoms with Crippen molar-refractivity contribution >= 4 is 0 Å². The van der Waals surface area contributed by atoms with E-state index in [4.69, 9.17) is 0 Å². The lowest BCUT2D eigenvalue weighted by atomic mass is 9.95. The number of rotatable bonds is 4. The molecule has 1 N–H and O–H groups in total. The van der Waals surface area contributed by atoms with Crippen LogP contribution in [0.4, 0.5) is 4.39 Å². The molecule has 1 aromatic rings. The van der Waals surface area contributed by atoms with Crippen molar-refractivity contribution in [2.24, 2.45) is 5.92 Å². The van der Waals surface area contributed by atoms with E-state index >= 15 is 0 Å². The van der Waals surface area contributed by atoms with Crippen LogP contribution in [-0.4, -0.2) is 31.1 Å². The molecule has 3 heteroatoms. The van der Waals surface area contributed by atoms with Gasteiger partial charge in [-0.25, -0.2) is 4.39 Å². The van der Waals surface area contributed by atoms with Crippen LogP contribution in [-0.2, 0) is 0 Å². The van der Waals surface area contributed by atoms with Crippen molar-refractivity contribution in [1.29, 1.82) is 0 Å². The van der Waals surface area contributed by atoms with Crippen molar-refractivity contribution in [1.82, 2.24) is 10.2 Å². The topological polar surface area (TPSA) is 15.3 Å². The second kappa shape index (κ2) is 5.81. The molecule has 0 saturated carbocycles. The van der Waals surface area contributed by atoms with Crippen molar-refractivity contribution in [2.45, 2.75) is 32.4 Å². The van der Waals surface area contributed by atoms with Gasteiger partial charge in [-0.2, -0.15) is 0 Å². The fourth-order valence-electron chi connectivity index (χ4n) is 2.67. The van der Waals surface area contributed by atoms with E-state index in [0.717, 1.165) is 13.1 Å². The first kappa shape index (κ1) is 13.5. The van der Waals surface area contributed by atoms with Crippen LogP contribution in [0.25, 0.3) is 0 Å². The van der Waals surface area contributed by atoms with Gasteiger partial charge in [0.15, 0.2) is 0 Å². The van der Waals surface area contributed by atoms with Crippen LogP contribution in [0, 0.1) is 11.7 Å². The molecule has 0 aliphatic carbocycles. The highest BCUT2D eigenvalue weighted by Gasteiger charge is 2.24. The molecule has 2 unspecified atom stereocenters. The summed E-state index contributed by atoms with van der Waals surface area (Å²) >= 11 is 0. The van der Waals surface area contributed by atoms with Crippen LogP contribution in [0.3, 0.4) is 0 Å². The van der Waals surface area contributed by atoms with Crippen LogP contribution >= 0.6 is 0 Å². The summed E-state index contributed by atoms with van der Waals surface area (Å²) in [5, 5.41) is 3.72. The van der Waals surface area contributed by atoms with Crippen molar-refractivity contribution in [3.8, 4) is 0 Å². The van der Waals surface area contributed by atoms with Crippen LogP contribution in [0.2, 0.25) is 0 Å². The first-order chi connectivity index (χ1) is 8.56. The minimum Gasteiger partial charge on any atom is -0.306 e. The Morgan fingerprint density at radius 1 is 1.28 bits per heavy atom. The van der Waals surface area contributed by atoms with Crippen LogP contribution in [0.1, 0.15) is 31.9 Å². The van der Waals surface area contributed by atoms with Gasteiger partial charge in [0.25, 0.3) is 0 Å². The molecule has 0 spiro atoms. The molecule has 1 aromatic carbocycles. The average Bonchev–Trinajstić information content (AvgIpc) is 2.73. The molecule has 0 amide bonds. The second-order valence-electron chi connectivity index (χ2n) is 5.69. The molecule has 100 valence electrons. The lowest BCUT2D eigenvalue weighted by Gasteiger charge is -2.26. The van der Waals surface area contributed by atoms with Crippen LogP contribution in [0.15, 0.2) is 24.3 Å². The van der Waals surface area contributed by atoms with Crippen LogP contribution < -0.4 is 5.32 Å². The predicted octanol–water partition coefficient (Wildman–Crippen LogP) is 2.82. The number of nitrogens with zero attached hydrogens (tertiary/aromatic N) is 1. The maximum atomic E-state index is 13.0. The third kappa shape index (κ3) is 3.30. The largest absolute Gasteiger partial charge is 0.306 e. The highest BCUT2D eigenvalue weighted by molar-refractivity contribution is 5.20. The van der Waals surface area contributed by atoms with Gasteiger partial charge in [-0.05, 0) is 43.6 Å². The highest BCUT2D eigenvalue weighted by Crippen LogP contribution is 2.24. The second-order valence-corrected chi connectivity index (χ2v) is 5.69. The Morgan fingerprint density at radius 2 is 1.94 bits per heavy atom. The first-order valence-corrected chi connectivity index (χ1v) is 6.76. The van der Waals surface area contributed by atoms with Crippen molar-refractivity contribution in [3.05, 3.63) is 35.6 Å². The molecule has 2 atom stereocenters. The Bertz CT molecular complexity index is 375. The average molecular weight is 250 g/mol. The number of hydrogen-bond acceptors (Lipinski definition) is 2. The SMILES string of the molecule is CC(C)C(NC1CCN(C)C1)c1ccc(F)cc1. The van der Waals surface area contributed by atoms with Crippen LogP contribution in [0.5, 0.6) is 0 Å². The molecule has 1 aliphatic heterocycles. The monoisotopic (exact) mass is 250 g/mol. The van der Waals surface area contributed by atoms with Gasteiger partial charge in [-0.15, -0.1) is 0 Å². The van der Waals surface area contributed by atoms with E-state index in [0.29, 0.717) is 18.0 Å². The predicted molar refractivity (Wildman–Crippen MR) is 73.0 cm³/mol. The lowest BCUT2D eigenvalue weighted by molar-refractivity contribution is 0.344. The number of benzene rings is 1. The summed E-state index contributed by atoms with van der Waals surface area (Å²) in [6.45, 7) is 6.68. The molecular weight excluding hydrogens is 227 g/mol. The number of hydrogen-bond donors (Lipinski definition) is 1.